The highest BCUT2D eigenvalue weighted by atomic mass is 35.5. The number of halogens is 2. The number of hydrogen-bond acceptors (Lipinski definition) is 2. The summed E-state index contributed by atoms with van der Waals surface area (Å²) in [6.07, 6.45) is 2.37. The van der Waals surface area contributed by atoms with Crippen molar-refractivity contribution in [3.63, 3.8) is 0 Å². The van der Waals surface area contributed by atoms with Crippen LogP contribution in [0, 0.1) is 12.7 Å². The van der Waals surface area contributed by atoms with Gasteiger partial charge < -0.3 is 5.32 Å². The molecule has 4 heteroatoms. The summed E-state index contributed by atoms with van der Waals surface area (Å²) >= 11 is 6.17. The fourth-order valence-corrected chi connectivity index (χ4v) is 2.59. The van der Waals surface area contributed by atoms with Crippen molar-refractivity contribution in [2.24, 2.45) is 0 Å². The lowest BCUT2D eigenvalue weighted by atomic mass is 9.99. The van der Waals surface area contributed by atoms with Crippen LogP contribution in [0.5, 0.6) is 0 Å². The SMILES string of the molecule is CCNC(Cc1ncccc1C)c1c(F)cccc1Cl. The molecular weight excluding hydrogens is 275 g/mol. The first-order valence-corrected chi connectivity index (χ1v) is 7.09. The Bertz CT molecular complexity index is 566. The highest BCUT2D eigenvalue weighted by molar-refractivity contribution is 6.31. The number of aromatic nitrogens is 1. The zero-order chi connectivity index (χ0) is 14.5. The lowest BCUT2D eigenvalue weighted by molar-refractivity contribution is 0.505. The van der Waals surface area contributed by atoms with Crippen LogP contribution in [-0.2, 0) is 6.42 Å². The van der Waals surface area contributed by atoms with E-state index in [9.17, 15) is 4.39 Å². The molecule has 0 aliphatic rings. The van der Waals surface area contributed by atoms with Crippen LogP contribution in [0.2, 0.25) is 5.02 Å². The maximum Gasteiger partial charge on any atom is 0.129 e. The largest absolute Gasteiger partial charge is 0.310 e. The Morgan fingerprint density at radius 3 is 2.75 bits per heavy atom. The zero-order valence-corrected chi connectivity index (χ0v) is 12.4. The van der Waals surface area contributed by atoms with E-state index in [4.69, 9.17) is 11.6 Å². The Morgan fingerprint density at radius 2 is 2.10 bits per heavy atom. The summed E-state index contributed by atoms with van der Waals surface area (Å²) in [6.45, 7) is 4.74. The van der Waals surface area contributed by atoms with Crippen LogP contribution in [0.1, 0.15) is 29.8 Å². The third-order valence-corrected chi connectivity index (χ3v) is 3.64. The molecule has 0 saturated carbocycles. The van der Waals surface area contributed by atoms with Crippen LogP contribution < -0.4 is 5.32 Å². The van der Waals surface area contributed by atoms with Gasteiger partial charge in [0.1, 0.15) is 5.82 Å². The summed E-state index contributed by atoms with van der Waals surface area (Å²) in [5.41, 5.74) is 2.57. The molecule has 1 aromatic heterocycles. The number of nitrogens with one attached hydrogen (secondary N) is 1. The summed E-state index contributed by atoms with van der Waals surface area (Å²) in [7, 11) is 0. The van der Waals surface area contributed by atoms with E-state index in [0.717, 1.165) is 17.8 Å². The normalized spacial score (nSPS) is 12.4. The summed E-state index contributed by atoms with van der Waals surface area (Å²) in [5.74, 6) is -0.281. The molecular formula is C16H18ClFN2. The number of pyridine rings is 1. The lowest BCUT2D eigenvalue weighted by Crippen LogP contribution is -2.25. The summed E-state index contributed by atoms with van der Waals surface area (Å²) < 4.78 is 14.1. The van der Waals surface area contributed by atoms with Crippen molar-refractivity contribution in [1.82, 2.24) is 10.3 Å². The molecule has 20 heavy (non-hydrogen) atoms. The Balaban J connectivity index is 2.35. The average molecular weight is 293 g/mol. The Morgan fingerprint density at radius 1 is 1.30 bits per heavy atom. The minimum absolute atomic E-state index is 0.178. The molecule has 1 aromatic carbocycles. The second-order valence-corrected chi connectivity index (χ2v) is 5.12. The summed E-state index contributed by atoms with van der Waals surface area (Å²) in [4.78, 5) is 4.38. The van der Waals surface area contributed by atoms with Crippen molar-refractivity contribution in [2.45, 2.75) is 26.3 Å². The van der Waals surface area contributed by atoms with E-state index >= 15 is 0 Å². The van der Waals surface area contributed by atoms with E-state index in [0.29, 0.717) is 17.0 Å². The standard InChI is InChI=1S/C16H18ClFN2/c1-3-19-15(10-14-11(2)6-5-9-20-14)16-12(17)7-4-8-13(16)18/h4-9,15,19H,3,10H2,1-2H3. The number of rotatable bonds is 5. The first-order valence-electron chi connectivity index (χ1n) is 6.71. The third-order valence-electron chi connectivity index (χ3n) is 3.31. The second kappa shape index (κ2) is 6.82. The maximum atomic E-state index is 14.1. The van der Waals surface area contributed by atoms with Gasteiger partial charge in [-0.1, -0.05) is 30.7 Å². The molecule has 1 atom stereocenters. The van der Waals surface area contributed by atoms with Gasteiger partial charge in [0.05, 0.1) is 0 Å². The molecule has 0 amide bonds. The Kier molecular flexibility index (Phi) is 5.10. The predicted molar refractivity (Wildman–Crippen MR) is 80.5 cm³/mol. The van der Waals surface area contributed by atoms with Crippen molar-refractivity contribution >= 4 is 11.6 Å². The highest BCUT2D eigenvalue weighted by Crippen LogP contribution is 2.28. The van der Waals surface area contributed by atoms with Gasteiger partial charge in [0.25, 0.3) is 0 Å². The molecule has 0 saturated heterocycles. The molecule has 2 nitrogen and oxygen atoms in total. The number of likely N-dealkylation sites (N-methyl/N-ethyl adjacent to an activating group) is 1. The molecule has 0 bridgehead atoms. The van der Waals surface area contributed by atoms with Gasteiger partial charge in [-0.25, -0.2) is 4.39 Å². The van der Waals surface area contributed by atoms with Gasteiger partial charge in [-0.05, 0) is 37.2 Å². The van der Waals surface area contributed by atoms with Gasteiger partial charge in [-0.3, -0.25) is 4.98 Å². The Hall–Kier alpha value is -1.45. The second-order valence-electron chi connectivity index (χ2n) is 4.72. The van der Waals surface area contributed by atoms with Crippen molar-refractivity contribution in [2.75, 3.05) is 6.54 Å². The monoisotopic (exact) mass is 292 g/mol. The van der Waals surface area contributed by atoms with Gasteiger partial charge in [-0.15, -0.1) is 0 Å². The first kappa shape index (κ1) is 14.9. The summed E-state index contributed by atoms with van der Waals surface area (Å²) in [5, 5.41) is 3.74. The van der Waals surface area contributed by atoms with E-state index in [1.54, 1.807) is 18.3 Å². The quantitative estimate of drug-likeness (QED) is 0.898. The third kappa shape index (κ3) is 3.35. The minimum Gasteiger partial charge on any atom is -0.310 e. The van der Waals surface area contributed by atoms with Gasteiger partial charge in [0.2, 0.25) is 0 Å². The molecule has 0 spiro atoms. The zero-order valence-electron chi connectivity index (χ0n) is 11.7. The van der Waals surface area contributed by atoms with E-state index in [1.165, 1.54) is 6.07 Å². The van der Waals surface area contributed by atoms with Crippen molar-refractivity contribution in [3.8, 4) is 0 Å². The smallest absolute Gasteiger partial charge is 0.129 e. The van der Waals surface area contributed by atoms with Crippen LogP contribution in [0.4, 0.5) is 4.39 Å². The lowest BCUT2D eigenvalue weighted by Gasteiger charge is -2.20. The molecule has 0 radical (unpaired) electrons. The van der Waals surface area contributed by atoms with E-state index in [1.807, 2.05) is 26.0 Å². The number of benzene rings is 1. The molecule has 1 unspecified atom stereocenters. The summed E-state index contributed by atoms with van der Waals surface area (Å²) in [6, 6.07) is 8.51. The molecule has 1 heterocycles. The predicted octanol–water partition coefficient (Wildman–Crippen LogP) is 4.08. The van der Waals surface area contributed by atoms with Crippen LogP contribution in [0.15, 0.2) is 36.5 Å². The minimum atomic E-state index is -0.281. The molecule has 0 aliphatic heterocycles. The van der Waals surface area contributed by atoms with Crippen LogP contribution in [0.3, 0.4) is 0 Å². The molecule has 2 aromatic rings. The van der Waals surface area contributed by atoms with E-state index in [2.05, 4.69) is 10.3 Å². The van der Waals surface area contributed by atoms with Crippen molar-refractivity contribution in [1.29, 1.82) is 0 Å². The fraction of sp³-hybridized carbons (Fsp3) is 0.312. The van der Waals surface area contributed by atoms with E-state index < -0.39 is 0 Å². The molecule has 0 aliphatic carbocycles. The topological polar surface area (TPSA) is 24.9 Å². The fourth-order valence-electron chi connectivity index (χ4n) is 2.29. The molecule has 106 valence electrons. The van der Waals surface area contributed by atoms with Gasteiger partial charge >= 0.3 is 0 Å². The molecule has 0 fully saturated rings. The van der Waals surface area contributed by atoms with Crippen molar-refractivity contribution < 1.29 is 4.39 Å². The van der Waals surface area contributed by atoms with E-state index in [-0.39, 0.29) is 11.9 Å². The van der Waals surface area contributed by atoms with Gasteiger partial charge in [0, 0.05) is 34.9 Å². The Labute approximate surface area is 124 Å². The van der Waals surface area contributed by atoms with Crippen LogP contribution in [-0.4, -0.2) is 11.5 Å². The van der Waals surface area contributed by atoms with Crippen LogP contribution in [0.25, 0.3) is 0 Å². The number of aryl methyl sites for hydroxylation is 1. The van der Waals surface area contributed by atoms with Gasteiger partial charge in [0.15, 0.2) is 0 Å². The molecule has 1 N–H and O–H groups in total. The first-order chi connectivity index (χ1) is 9.63. The molecule has 2 rings (SSSR count). The van der Waals surface area contributed by atoms with Crippen LogP contribution >= 0.6 is 11.6 Å². The highest BCUT2D eigenvalue weighted by Gasteiger charge is 2.19. The van der Waals surface area contributed by atoms with Crippen molar-refractivity contribution in [3.05, 3.63) is 64.2 Å². The number of nitrogens with zero attached hydrogens (tertiary/aromatic N) is 1. The van der Waals surface area contributed by atoms with Gasteiger partial charge in [-0.2, -0.15) is 0 Å². The average Bonchev–Trinajstić information content (AvgIpc) is 2.41. The number of hydrogen-bond donors (Lipinski definition) is 1. The maximum absolute atomic E-state index is 14.1.